The fourth-order valence-electron chi connectivity index (χ4n) is 7.14. The number of aryl methyl sites for hydroxylation is 2. The second-order valence-corrected chi connectivity index (χ2v) is 12.4. The fraction of sp³-hybridized carbons (Fsp3) is 0.317. The number of esters is 3. The maximum absolute atomic E-state index is 14.5. The fourth-order valence-corrected chi connectivity index (χ4v) is 7.14. The molecule has 272 valence electrons. The summed E-state index contributed by atoms with van der Waals surface area (Å²) < 4.78 is 22.9. The molecule has 0 atom stereocenters. The number of anilines is 2. The van der Waals surface area contributed by atoms with Crippen LogP contribution in [-0.2, 0) is 34.1 Å². The van der Waals surface area contributed by atoms with Crippen LogP contribution < -0.4 is 14.5 Å². The number of rotatable bonds is 16. The Labute approximate surface area is 304 Å². The molecule has 3 aromatic rings. The standard InChI is InChI=1S/C41H45N3O8/c1-8-37(45)49-20-17-42(11-4)33-25-35-31(23-27(33)6)41(30-16-14-13-15-29(30)40(48)44(41)19-22-51-39(47)10-3)32-24-28(7)34(26-36(32)52-35)43(12-5)18-21-50-38(46)9-2/h8-10,13-16,23-26H,1-3,11-12,17-22H2,4-7H3. The van der Waals surface area contributed by atoms with Gasteiger partial charge in [-0.15, -0.1) is 0 Å². The van der Waals surface area contributed by atoms with Crippen LogP contribution in [0.5, 0.6) is 11.5 Å². The molecule has 0 aromatic heterocycles. The quantitative estimate of drug-likeness (QED) is 0.0999. The largest absolute Gasteiger partial charge is 0.461 e. The van der Waals surface area contributed by atoms with Crippen LogP contribution in [0.3, 0.4) is 0 Å². The highest BCUT2D eigenvalue weighted by Crippen LogP contribution is 2.59. The Balaban J connectivity index is 1.71. The zero-order valence-electron chi connectivity index (χ0n) is 30.2. The van der Waals surface area contributed by atoms with Gasteiger partial charge in [-0.25, -0.2) is 14.4 Å². The molecule has 2 aliphatic rings. The number of nitrogens with zero attached hydrogens (tertiary/aromatic N) is 3. The lowest BCUT2D eigenvalue weighted by molar-refractivity contribution is -0.138. The van der Waals surface area contributed by atoms with Crippen LogP contribution in [0, 0.1) is 13.8 Å². The highest BCUT2D eigenvalue weighted by atomic mass is 16.5. The third-order valence-corrected chi connectivity index (χ3v) is 9.51. The molecule has 2 heterocycles. The van der Waals surface area contributed by atoms with E-state index in [0.29, 0.717) is 43.2 Å². The lowest BCUT2D eigenvalue weighted by atomic mass is 9.73. The second kappa shape index (κ2) is 16.0. The summed E-state index contributed by atoms with van der Waals surface area (Å²) in [4.78, 5) is 56.1. The van der Waals surface area contributed by atoms with Gasteiger partial charge in [-0.1, -0.05) is 37.9 Å². The molecule has 0 fully saturated rings. The van der Waals surface area contributed by atoms with E-state index in [-0.39, 0.29) is 32.3 Å². The minimum absolute atomic E-state index is 0.0495. The molecule has 0 bridgehead atoms. The number of benzene rings is 3. The predicted octanol–water partition coefficient (Wildman–Crippen LogP) is 6.00. The smallest absolute Gasteiger partial charge is 0.330 e. The molecular formula is C41H45N3O8. The van der Waals surface area contributed by atoms with Gasteiger partial charge < -0.3 is 33.6 Å². The average molecular weight is 708 g/mol. The zero-order chi connectivity index (χ0) is 37.6. The second-order valence-electron chi connectivity index (χ2n) is 12.4. The van der Waals surface area contributed by atoms with Gasteiger partial charge in [0.2, 0.25) is 0 Å². The first kappa shape index (κ1) is 37.4. The first-order valence-electron chi connectivity index (χ1n) is 17.3. The van der Waals surface area contributed by atoms with Gasteiger partial charge in [0.1, 0.15) is 36.9 Å². The van der Waals surface area contributed by atoms with Crippen molar-refractivity contribution < 1.29 is 38.1 Å². The molecule has 2 aliphatic heterocycles. The van der Waals surface area contributed by atoms with E-state index in [1.807, 2.05) is 64.1 Å². The third kappa shape index (κ3) is 6.90. The summed E-state index contributed by atoms with van der Waals surface area (Å²) >= 11 is 0. The number of hydrogen-bond donors (Lipinski definition) is 0. The summed E-state index contributed by atoms with van der Waals surface area (Å²) in [5.41, 5.74) is 5.32. The molecule has 52 heavy (non-hydrogen) atoms. The monoisotopic (exact) mass is 707 g/mol. The summed E-state index contributed by atoms with van der Waals surface area (Å²) in [5.74, 6) is -0.672. The van der Waals surface area contributed by atoms with Crippen LogP contribution in [0.1, 0.15) is 52.0 Å². The van der Waals surface area contributed by atoms with E-state index in [1.54, 1.807) is 4.90 Å². The van der Waals surface area contributed by atoms with Crippen molar-refractivity contribution >= 4 is 35.2 Å². The minimum Gasteiger partial charge on any atom is -0.461 e. The first-order valence-corrected chi connectivity index (χ1v) is 17.3. The van der Waals surface area contributed by atoms with Crippen LogP contribution in [0.25, 0.3) is 0 Å². The molecule has 0 saturated carbocycles. The van der Waals surface area contributed by atoms with E-state index in [0.717, 1.165) is 57.4 Å². The minimum atomic E-state index is -1.14. The summed E-state index contributed by atoms with van der Waals surface area (Å²) in [7, 11) is 0. The van der Waals surface area contributed by atoms with Crippen LogP contribution >= 0.6 is 0 Å². The van der Waals surface area contributed by atoms with Crippen molar-refractivity contribution in [3.05, 3.63) is 120 Å². The molecule has 5 rings (SSSR count). The Morgan fingerprint density at radius 3 is 1.65 bits per heavy atom. The van der Waals surface area contributed by atoms with Crippen molar-refractivity contribution in [1.82, 2.24) is 4.90 Å². The number of carbonyl (C=O) groups excluding carboxylic acids is 4. The van der Waals surface area contributed by atoms with Crippen molar-refractivity contribution in [3.63, 3.8) is 0 Å². The van der Waals surface area contributed by atoms with Crippen molar-refractivity contribution in [2.24, 2.45) is 0 Å². The van der Waals surface area contributed by atoms with Gasteiger partial charge in [-0.3, -0.25) is 4.79 Å². The van der Waals surface area contributed by atoms with Crippen molar-refractivity contribution in [2.45, 2.75) is 33.2 Å². The SMILES string of the molecule is C=CC(=O)OCCN(CC)c1cc2c(cc1C)C1(c3cc(C)c(N(CC)CCOC(=O)C=C)cc3O2)c2ccccc2C(=O)N1CCOC(=O)C=C. The predicted molar refractivity (Wildman–Crippen MR) is 199 cm³/mol. The number of ether oxygens (including phenoxy) is 4. The molecule has 11 nitrogen and oxygen atoms in total. The van der Waals surface area contributed by atoms with E-state index in [2.05, 4.69) is 41.7 Å². The highest BCUT2D eigenvalue weighted by Gasteiger charge is 2.56. The van der Waals surface area contributed by atoms with E-state index in [4.69, 9.17) is 18.9 Å². The molecule has 1 amide bonds. The van der Waals surface area contributed by atoms with Gasteiger partial charge in [0.15, 0.2) is 0 Å². The Kier molecular flexibility index (Phi) is 11.5. The summed E-state index contributed by atoms with van der Waals surface area (Å²) in [6.45, 7) is 21.0. The van der Waals surface area contributed by atoms with Gasteiger partial charge in [0.05, 0.1) is 19.6 Å². The number of amides is 1. The highest BCUT2D eigenvalue weighted by molar-refractivity contribution is 6.02. The lowest BCUT2D eigenvalue weighted by Gasteiger charge is -2.45. The van der Waals surface area contributed by atoms with Crippen molar-refractivity contribution in [3.8, 4) is 11.5 Å². The molecule has 0 radical (unpaired) electrons. The Hall–Kier alpha value is -5.84. The molecule has 0 saturated heterocycles. The van der Waals surface area contributed by atoms with Gasteiger partial charge in [-0.05, 0) is 62.6 Å². The van der Waals surface area contributed by atoms with Crippen LogP contribution in [0.15, 0.2) is 86.5 Å². The summed E-state index contributed by atoms with van der Waals surface area (Å²) in [5, 5.41) is 0. The van der Waals surface area contributed by atoms with Crippen molar-refractivity contribution in [2.75, 3.05) is 62.3 Å². The summed E-state index contributed by atoms with van der Waals surface area (Å²) in [6.07, 6.45) is 3.37. The topological polar surface area (TPSA) is 115 Å². The van der Waals surface area contributed by atoms with Gasteiger partial charge in [0, 0.05) is 71.5 Å². The van der Waals surface area contributed by atoms with Crippen molar-refractivity contribution in [1.29, 1.82) is 0 Å². The van der Waals surface area contributed by atoms with Gasteiger partial charge in [0.25, 0.3) is 5.91 Å². The first-order chi connectivity index (χ1) is 25.0. The van der Waals surface area contributed by atoms with E-state index >= 15 is 0 Å². The molecule has 1 spiro atoms. The molecule has 3 aromatic carbocycles. The molecule has 11 heteroatoms. The maximum Gasteiger partial charge on any atom is 0.330 e. The summed E-state index contributed by atoms with van der Waals surface area (Å²) in [6, 6.07) is 15.6. The van der Waals surface area contributed by atoms with E-state index < -0.39 is 23.4 Å². The Morgan fingerprint density at radius 1 is 0.731 bits per heavy atom. The molecule has 0 N–H and O–H groups in total. The van der Waals surface area contributed by atoms with Crippen LogP contribution in [-0.4, -0.2) is 81.3 Å². The number of fused-ring (bicyclic) bond motifs is 6. The van der Waals surface area contributed by atoms with E-state index in [9.17, 15) is 19.2 Å². The Bertz CT molecular complexity index is 1830. The number of likely N-dealkylation sites (N-methyl/N-ethyl adjacent to an activating group) is 2. The van der Waals surface area contributed by atoms with Gasteiger partial charge >= 0.3 is 17.9 Å². The Morgan fingerprint density at radius 2 is 1.19 bits per heavy atom. The normalized spacial score (nSPS) is 13.2. The average Bonchev–Trinajstić information content (AvgIpc) is 3.39. The van der Waals surface area contributed by atoms with Crippen LogP contribution in [0.4, 0.5) is 11.4 Å². The lowest BCUT2D eigenvalue weighted by Crippen LogP contribution is -2.49. The van der Waals surface area contributed by atoms with Crippen LogP contribution in [0.2, 0.25) is 0 Å². The van der Waals surface area contributed by atoms with E-state index in [1.165, 1.54) is 0 Å². The molecule has 0 aliphatic carbocycles. The molecular weight excluding hydrogens is 662 g/mol. The zero-order valence-corrected chi connectivity index (χ0v) is 30.2. The van der Waals surface area contributed by atoms with Gasteiger partial charge in [-0.2, -0.15) is 0 Å². The number of carbonyl (C=O) groups is 4. The molecule has 0 unspecified atom stereocenters. The maximum atomic E-state index is 14.5. The third-order valence-electron chi connectivity index (χ3n) is 9.51. The number of hydrogen-bond acceptors (Lipinski definition) is 10.